The van der Waals surface area contributed by atoms with Gasteiger partial charge in [-0.2, -0.15) is 0 Å². The van der Waals surface area contributed by atoms with Crippen molar-refractivity contribution >= 4 is 29.2 Å². The van der Waals surface area contributed by atoms with Crippen molar-refractivity contribution in [3.05, 3.63) is 65.2 Å². The summed E-state index contributed by atoms with van der Waals surface area (Å²) >= 11 is 5.92. The van der Waals surface area contributed by atoms with Crippen molar-refractivity contribution in [1.29, 1.82) is 0 Å². The lowest BCUT2D eigenvalue weighted by Gasteiger charge is -2.31. The zero-order valence-electron chi connectivity index (χ0n) is 12.4. The molecule has 2 atom stereocenters. The second-order valence-corrected chi connectivity index (χ2v) is 5.54. The second-order valence-electron chi connectivity index (χ2n) is 5.10. The van der Waals surface area contributed by atoms with Crippen molar-refractivity contribution in [2.45, 2.75) is 12.0 Å². The van der Waals surface area contributed by atoms with E-state index in [1.807, 2.05) is 0 Å². The molecule has 0 bridgehead atoms. The summed E-state index contributed by atoms with van der Waals surface area (Å²) in [5.74, 6) is -3.69. The SMILES string of the molecule is CN(c1ccccc1)C(C(=O)O)C(C(=O)O)c1cccc(Cl)c1. The molecule has 0 spiro atoms. The Bertz CT molecular complexity index is 705. The minimum absolute atomic E-state index is 0.347. The molecule has 0 saturated heterocycles. The highest BCUT2D eigenvalue weighted by atomic mass is 35.5. The lowest BCUT2D eigenvalue weighted by molar-refractivity contribution is -0.146. The van der Waals surface area contributed by atoms with E-state index in [2.05, 4.69) is 0 Å². The van der Waals surface area contributed by atoms with Crippen LogP contribution in [0.3, 0.4) is 0 Å². The maximum absolute atomic E-state index is 11.8. The van der Waals surface area contributed by atoms with Gasteiger partial charge in [0.25, 0.3) is 0 Å². The van der Waals surface area contributed by atoms with Crippen LogP contribution in [0.25, 0.3) is 0 Å². The molecule has 0 radical (unpaired) electrons. The first-order valence-corrected chi connectivity index (χ1v) is 7.28. The zero-order chi connectivity index (χ0) is 17.0. The van der Waals surface area contributed by atoms with Gasteiger partial charge in [-0.1, -0.05) is 41.9 Å². The third-order valence-electron chi connectivity index (χ3n) is 3.62. The van der Waals surface area contributed by atoms with Crippen LogP contribution in [0.15, 0.2) is 54.6 Å². The molecule has 23 heavy (non-hydrogen) atoms. The van der Waals surface area contributed by atoms with Gasteiger partial charge in [0.1, 0.15) is 12.0 Å². The highest BCUT2D eigenvalue weighted by Gasteiger charge is 2.38. The maximum Gasteiger partial charge on any atom is 0.327 e. The molecule has 6 heteroatoms. The molecule has 0 aromatic heterocycles. The molecule has 5 nitrogen and oxygen atoms in total. The van der Waals surface area contributed by atoms with E-state index in [1.54, 1.807) is 55.6 Å². The number of benzene rings is 2. The standard InChI is InChI=1S/C17H16ClNO4/c1-19(13-8-3-2-4-9-13)15(17(22)23)14(16(20)21)11-6-5-7-12(18)10-11/h2-10,14-15H,1H3,(H,20,21)(H,22,23). The normalized spacial score (nSPS) is 13.1. The van der Waals surface area contributed by atoms with Crippen LogP contribution in [-0.2, 0) is 9.59 Å². The molecule has 0 saturated carbocycles. The summed E-state index contributed by atoms with van der Waals surface area (Å²) in [6, 6.07) is 13.8. The van der Waals surface area contributed by atoms with Crippen LogP contribution >= 0.6 is 11.6 Å². The van der Waals surface area contributed by atoms with Crippen molar-refractivity contribution in [3.8, 4) is 0 Å². The average Bonchev–Trinajstić information content (AvgIpc) is 2.52. The lowest BCUT2D eigenvalue weighted by atomic mass is 9.90. The number of likely N-dealkylation sites (N-methyl/N-ethyl adjacent to an activating group) is 1. The molecular formula is C17H16ClNO4. The summed E-state index contributed by atoms with van der Waals surface area (Å²) in [5.41, 5.74) is 0.966. The van der Waals surface area contributed by atoms with Gasteiger partial charge in [-0.3, -0.25) is 4.79 Å². The van der Waals surface area contributed by atoms with Crippen molar-refractivity contribution in [3.63, 3.8) is 0 Å². The first-order chi connectivity index (χ1) is 10.9. The number of carbonyl (C=O) groups is 2. The smallest absolute Gasteiger partial charge is 0.327 e. The third-order valence-corrected chi connectivity index (χ3v) is 3.86. The summed E-state index contributed by atoms with van der Waals surface area (Å²) in [4.78, 5) is 25.0. The number of carboxylic acid groups (broad SMARTS) is 2. The molecule has 0 amide bonds. The number of aliphatic carboxylic acids is 2. The highest BCUT2D eigenvalue weighted by molar-refractivity contribution is 6.30. The number of hydrogen-bond donors (Lipinski definition) is 2. The molecule has 0 aliphatic rings. The zero-order valence-corrected chi connectivity index (χ0v) is 13.1. The molecule has 2 N–H and O–H groups in total. The Labute approximate surface area is 138 Å². The Balaban J connectivity index is 2.48. The number of para-hydroxylation sites is 1. The van der Waals surface area contributed by atoms with Gasteiger partial charge >= 0.3 is 11.9 Å². The van der Waals surface area contributed by atoms with Crippen LogP contribution in [0.2, 0.25) is 5.02 Å². The molecule has 0 heterocycles. The van der Waals surface area contributed by atoms with Gasteiger partial charge in [-0.05, 0) is 29.8 Å². The quantitative estimate of drug-likeness (QED) is 0.849. The van der Waals surface area contributed by atoms with Gasteiger partial charge < -0.3 is 15.1 Å². The van der Waals surface area contributed by atoms with Crippen LogP contribution in [0, 0.1) is 0 Å². The average molecular weight is 334 g/mol. The van der Waals surface area contributed by atoms with E-state index in [0.717, 1.165) is 0 Å². The topological polar surface area (TPSA) is 77.8 Å². The predicted octanol–water partition coefficient (Wildman–Crippen LogP) is 3.10. The van der Waals surface area contributed by atoms with E-state index in [4.69, 9.17) is 11.6 Å². The fourth-order valence-electron chi connectivity index (χ4n) is 2.52. The Kier molecular flexibility index (Phi) is 5.24. The van der Waals surface area contributed by atoms with Gasteiger partial charge in [-0.15, -0.1) is 0 Å². The minimum Gasteiger partial charge on any atom is -0.481 e. The second kappa shape index (κ2) is 7.15. The molecule has 0 aliphatic carbocycles. The monoisotopic (exact) mass is 333 g/mol. The fourth-order valence-corrected chi connectivity index (χ4v) is 2.71. The lowest BCUT2D eigenvalue weighted by Crippen LogP contribution is -2.46. The summed E-state index contributed by atoms with van der Waals surface area (Å²) in [6.07, 6.45) is 0. The maximum atomic E-state index is 11.8. The Hall–Kier alpha value is -2.53. The molecule has 0 aliphatic heterocycles. The van der Waals surface area contributed by atoms with Gasteiger partial charge in [0.2, 0.25) is 0 Å². The largest absolute Gasteiger partial charge is 0.481 e. The number of rotatable bonds is 6. The molecule has 2 unspecified atom stereocenters. The van der Waals surface area contributed by atoms with E-state index >= 15 is 0 Å². The molecule has 2 aromatic rings. The van der Waals surface area contributed by atoms with Crippen molar-refractivity contribution < 1.29 is 19.8 Å². The third kappa shape index (κ3) is 3.81. The molecule has 120 valence electrons. The number of anilines is 1. The fraction of sp³-hybridized carbons (Fsp3) is 0.176. The molecular weight excluding hydrogens is 318 g/mol. The van der Waals surface area contributed by atoms with Gasteiger partial charge in [0.05, 0.1) is 0 Å². The Morgan fingerprint density at radius 2 is 1.65 bits per heavy atom. The molecule has 0 fully saturated rings. The first kappa shape index (κ1) is 16.8. The summed E-state index contributed by atoms with van der Waals surface area (Å²) in [7, 11) is 1.56. The van der Waals surface area contributed by atoms with Crippen molar-refractivity contribution in [2.24, 2.45) is 0 Å². The van der Waals surface area contributed by atoms with Crippen LogP contribution < -0.4 is 4.90 Å². The van der Waals surface area contributed by atoms with Crippen LogP contribution in [0.5, 0.6) is 0 Å². The van der Waals surface area contributed by atoms with Crippen LogP contribution in [-0.4, -0.2) is 35.2 Å². The Morgan fingerprint density at radius 1 is 1.00 bits per heavy atom. The predicted molar refractivity (Wildman–Crippen MR) is 88.1 cm³/mol. The van der Waals surface area contributed by atoms with Gasteiger partial charge in [-0.25, -0.2) is 4.79 Å². The van der Waals surface area contributed by atoms with E-state index in [1.165, 1.54) is 11.0 Å². The van der Waals surface area contributed by atoms with Crippen molar-refractivity contribution in [2.75, 3.05) is 11.9 Å². The summed E-state index contributed by atoms with van der Waals surface area (Å²) in [5, 5.41) is 19.6. The molecule has 2 aromatic carbocycles. The Morgan fingerprint density at radius 3 is 2.17 bits per heavy atom. The van der Waals surface area contributed by atoms with Gasteiger partial charge in [0.15, 0.2) is 0 Å². The van der Waals surface area contributed by atoms with Crippen LogP contribution in [0.1, 0.15) is 11.5 Å². The number of halogens is 1. The first-order valence-electron chi connectivity index (χ1n) is 6.90. The van der Waals surface area contributed by atoms with Gasteiger partial charge in [0, 0.05) is 17.8 Å². The highest BCUT2D eigenvalue weighted by Crippen LogP contribution is 2.29. The number of hydrogen-bond acceptors (Lipinski definition) is 3. The molecule has 2 rings (SSSR count). The minimum atomic E-state index is -1.27. The number of nitrogens with zero attached hydrogens (tertiary/aromatic N) is 1. The van der Waals surface area contributed by atoms with E-state index in [-0.39, 0.29) is 0 Å². The van der Waals surface area contributed by atoms with E-state index in [9.17, 15) is 19.8 Å². The van der Waals surface area contributed by atoms with Crippen LogP contribution in [0.4, 0.5) is 5.69 Å². The summed E-state index contributed by atoms with van der Waals surface area (Å²) < 4.78 is 0. The number of carboxylic acids is 2. The van der Waals surface area contributed by atoms with Crippen molar-refractivity contribution in [1.82, 2.24) is 0 Å². The van der Waals surface area contributed by atoms with E-state index < -0.39 is 23.9 Å². The summed E-state index contributed by atoms with van der Waals surface area (Å²) in [6.45, 7) is 0. The van der Waals surface area contributed by atoms with E-state index in [0.29, 0.717) is 16.3 Å².